The fraction of sp³-hybridized carbons (Fsp3) is 0.615. The molecule has 0 aliphatic heterocycles. The lowest BCUT2D eigenvalue weighted by atomic mass is 9.77. The highest BCUT2D eigenvalue weighted by molar-refractivity contribution is 5.24. The summed E-state index contributed by atoms with van der Waals surface area (Å²) in [4.78, 5) is 4.25. The quantitative estimate of drug-likeness (QED) is 0.704. The molecule has 0 radical (unpaired) electrons. The van der Waals surface area contributed by atoms with E-state index in [0.29, 0.717) is 5.41 Å². The van der Waals surface area contributed by atoms with Crippen LogP contribution >= 0.6 is 0 Å². The topological polar surface area (TPSA) is 12.9 Å². The SMILES string of the molecule is CCCC(C)(CC)c1ccnc(C)c1. The molecule has 0 aliphatic carbocycles. The van der Waals surface area contributed by atoms with Crippen LogP contribution in [0.5, 0.6) is 0 Å². The lowest BCUT2D eigenvalue weighted by Gasteiger charge is -2.28. The lowest BCUT2D eigenvalue weighted by molar-refractivity contribution is 0.413. The summed E-state index contributed by atoms with van der Waals surface area (Å²) in [6, 6.07) is 4.38. The van der Waals surface area contributed by atoms with Gasteiger partial charge in [-0.05, 0) is 42.9 Å². The molecule has 0 amide bonds. The maximum absolute atomic E-state index is 4.25. The van der Waals surface area contributed by atoms with E-state index >= 15 is 0 Å². The zero-order valence-corrected chi connectivity index (χ0v) is 9.80. The number of hydrogen-bond acceptors (Lipinski definition) is 1. The van der Waals surface area contributed by atoms with Crippen molar-refractivity contribution in [3.63, 3.8) is 0 Å². The first-order valence-electron chi connectivity index (χ1n) is 5.55. The Hall–Kier alpha value is -0.850. The molecule has 0 spiro atoms. The zero-order chi connectivity index (χ0) is 10.6. The van der Waals surface area contributed by atoms with Crippen LogP contribution in [0, 0.1) is 6.92 Å². The van der Waals surface area contributed by atoms with Crippen LogP contribution in [0.1, 0.15) is 51.3 Å². The molecule has 1 atom stereocenters. The van der Waals surface area contributed by atoms with Gasteiger partial charge in [0, 0.05) is 11.9 Å². The van der Waals surface area contributed by atoms with E-state index in [1.807, 2.05) is 6.20 Å². The fourth-order valence-corrected chi connectivity index (χ4v) is 2.00. The van der Waals surface area contributed by atoms with Gasteiger partial charge in [0.05, 0.1) is 0 Å². The van der Waals surface area contributed by atoms with Gasteiger partial charge in [-0.1, -0.05) is 27.2 Å². The predicted octanol–water partition coefficient (Wildman–Crippen LogP) is 3.86. The molecule has 14 heavy (non-hydrogen) atoms. The summed E-state index contributed by atoms with van der Waals surface area (Å²) in [5.74, 6) is 0. The Morgan fingerprint density at radius 2 is 2.07 bits per heavy atom. The van der Waals surface area contributed by atoms with Gasteiger partial charge in [0.2, 0.25) is 0 Å². The summed E-state index contributed by atoms with van der Waals surface area (Å²) in [5, 5.41) is 0. The highest BCUT2D eigenvalue weighted by Gasteiger charge is 2.23. The molecule has 1 unspecified atom stereocenters. The van der Waals surface area contributed by atoms with E-state index in [1.54, 1.807) is 0 Å². The molecule has 1 heteroatoms. The molecule has 1 heterocycles. The van der Waals surface area contributed by atoms with Crippen molar-refractivity contribution in [1.82, 2.24) is 4.98 Å². The maximum atomic E-state index is 4.25. The van der Waals surface area contributed by atoms with Crippen molar-refractivity contribution in [1.29, 1.82) is 0 Å². The molecular weight excluding hydrogens is 170 g/mol. The molecule has 0 bridgehead atoms. The van der Waals surface area contributed by atoms with Gasteiger partial charge in [0.25, 0.3) is 0 Å². The van der Waals surface area contributed by atoms with Gasteiger partial charge in [0.15, 0.2) is 0 Å². The average molecular weight is 191 g/mol. The van der Waals surface area contributed by atoms with Crippen molar-refractivity contribution in [2.24, 2.45) is 0 Å². The smallest absolute Gasteiger partial charge is 0.0375 e. The first-order valence-corrected chi connectivity index (χ1v) is 5.55. The van der Waals surface area contributed by atoms with Crippen LogP contribution in [-0.4, -0.2) is 4.98 Å². The summed E-state index contributed by atoms with van der Waals surface area (Å²) in [6.07, 6.45) is 5.62. The number of nitrogens with zero attached hydrogens (tertiary/aromatic N) is 1. The van der Waals surface area contributed by atoms with E-state index in [2.05, 4.69) is 44.8 Å². The lowest BCUT2D eigenvalue weighted by Crippen LogP contribution is -2.20. The second-order valence-electron chi connectivity index (χ2n) is 4.35. The van der Waals surface area contributed by atoms with Crippen molar-refractivity contribution in [2.45, 2.75) is 52.4 Å². The number of pyridine rings is 1. The van der Waals surface area contributed by atoms with E-state index in [1.165, 1.54) is 24.8 Å². The van der Waals surface area contributed by atoms with E-state index in [0.717, 1.165) is 5.69 Å². The fourth-order valence-electron chi connectivity index (χ4n) is 2.00. The Morgan fingerprint density at radius 3 is 2.57 bits per heavy atom. The second kappa shape index (κ2) is 4.59. The van der Waals surface area contributed by atoms with Crippen molar-refractivity contribution >= 4 is 0 Å². The van der Waals surface area contributed by atoms with Gasteiger partial charge in [-0.3, -0.25) is 4.98 Å². The standard InChI is InChI=1S/C13H21N/c1-5-8-13(4,6-2)12-7-9-14-11(3)10-12/h7,9-10H,5-6,8H2,1-4H3. The Balaban J connectivity index is 2.99. The van der Waals surface area contributed by atoms with E-state index in [9.17, 15) is 0 Å². The molecule has 0 aromatic carbocycles. The summed E-state index contributed by atoms with van der Waals surface area (Å²) in [7, 11) is 0. The molecule has 78 valence electrons. The van der Waals surface area contributed by atoms with Crippen LogP contribution < -0.4 is 0 Å². The third-order valence-corrected chi connectivity index (χ3v) is 3.18. The first kappa shape index (κ1) is 11.2. The maximum Gasteiger partial charge on any atom is 0.0375 e. The molecule has 1 rings (SSSR count). The number of hydrogen-bond donors (Lipinski definition) is 0. The van der Waals surface area contributed by atoms with Crippen LogP contribution in [0.2, 0.25) is 0 Å². The van der Waals surface area contributed by atoms with Gasteiger partial charge < -0.3 is 0 Å². The second-order valence-corrected chi connectivity index (χ2v) is 4.35. The van der Waals surface area contributed by atoms with E-state index < -0.39 is 0 Å². The van der Waals surface area contributed by atoms with Crippen molar-refractivity contribution in [2.75, 3.05) is 0 Å². The molecule has 0 N–H and O–H groups in total. The zero-order valence-electron chi connectivity index (χ0n) is 9.80. The van der Waals surface area contributed by atoms with Gasteiger partial charge in [0.1, 0.15) is 0 Å². The highest BCUT2D eigenvalue weighted by atomic mass is 14.6. The van der Waals surface area contributed by atoms with E-state index in [4.69, 9.17) is 0 Å². The largest absolute Gasteiger partial charge is 0.262 e. The van der Waals surface area contributed by atoms with Gasteiger partial charge >= 0.3 is 0 Å². The first-order chi connectivity index (χ1) is 6.62. The van der Waals surface area contributed by atoms with Crippen LogP contribution in [0.15, 0.2) is 18.3 Å². The van der Waals surface area contributed by atoms with Gasteiger partial charge in [-0.15, -0.1) is 0 Å². The molecule has 1 aromatic rings. The minimum Gasteiger partial charge on any atom is -0.262 e. The minimum atomic E-state index is 0.336. The monoisotopic (exact) mass is 191 g/mol. The molecule has 1 nitrogen and oxygen atoms in total. The minimum absolute atomic E-state index is 0.336. The van der Waals surface area contributed by atoms with Crippen molar-refractivity contribution in [3.05, 3.63) is 29.6 Å². The molecule has 0 fully saturated rings. The molecule has 1 aromatic heterocycles. The predicted molar refractivity (Wildman–Crippen MR) is 61.5 cm³/mol. The van der Waals surface area contributed by atoms with Crippen molar-refractivity contribution < 1.29 is 0 Å². The highest BCUT2D eigenvalue weighted by Crippen LogP contribution is 2.32. The third-order valence-electron chi connectivity index (χ3n) is 3.18. The number of rotatable bonds is 4. The van der Waals surface area contributed by atoms with Gasteiger partial charge in [-0.2, -0.15) is 0 Å². The molecular formula is C13H21N. The summed E-state index contributed by atoms with van der Waals surface area (Å²) in [5.41, 5.74) is 2.90. The van der Waals surface area contributed by atoms with Gasteiger partial charge in [-0.25, -0.2) is 0 Å². The summed E-state index contributed by atoms with van der Waals surface area (Å²) >= 11 is 0. The van der Waals surface area contributed by atoms with Crippen molar-refractivity contribution in [3.8, 4) is 0 Å². The molecule has 0 saturated carbocycles. The van der Waals surface area contributed by atoms with E-state index in [-0.39, 0.29) is 0 Å². The number of aryl methyl sites for hydroxylation is 1. The van der Waals surface area contributed by atoms with Crippen LogP contribution in [0.25, 0.3) is 0 Å². The summed E-state index contributed by atoms with van der Waals surface area (Å²) < 4.78 is 0. The average Bonchev–Trinajstić information content (AvgIpc) is 2.18. The van der Waals surface area contributed by atoms with Crippen LogP contribution in [-0.2, 0) is 5.41 Å². The third kappa shape index (κ3) is 2.34. The Labute approximate surface area is 87.6 Å². The Bertz CT molecular complexity index is 293. The Morgan fingerprint density at radius 1 is 1.36 bits per heavy atom. The molecule has 0 aliphatic rings. The van der Waals surface area contributed by atoms with Crippen LogP contribution in [0.4, 0.5) is 0 Å². The normalized spacial score (nSPS) is 15.1. The Kier molecular flexibility index (Phi) is 3.68. The summed E-state index contributed by atoms with van der Waals surface area (Å²) in [6.45, 7) is 8.93. The number of aromatic nitrogens is 1. The van der Waals surface area contributed by atoms with Crippen LogP contribution in [0.3, 0.4) is 0 Å². The molecule has 0 saturated heterocycles.